The van der Waals surface area contributed by atoms with E-state index in [9.17, 15) is 4.79 Å². The van der Waals surface area contributed by atoms with Crippen molar-refractivity contribution in [1.29, 1.82) is 0 Å². The minimum atomic E-state index is -0.179. The van der Waals surface area contributed by atoms with Gasteiger partial charge in [-0.2, -0.15) is 10.1 Å². The van der Waals surface area contributed by atoms with Crippen molar-refractivity contribution in [2.24, 2.45) is 0 Å². The van der Waals surface area contributed by atoms with Gasteiger partial charge in [-0.15, -0.1) is 0 Å². The van der Waals surface area contributed by atoms with E-state index < -0.39 is 0 Å². The lowest BCUT2D eigenvalue weighted by Gasteiger charge is -1.99. The zero-order chi connectivity index (χ0) is 9.97. The quantitative estimate of drug-likeness (QED) is 0.745. The Morgan fingerprint density at radius 3 is 3.07 bits per heavy atom. The molecule has 14 heavy (non-hydrogen) atoms. The van der Waals surface area contributed by atoms with E-state index in [1.54, 1.807) is 6.20 Å². The SMILES string of the molecule is O=c1cc(I)cnn1Cc1ncon1. The summed E-state index contributed by atoms with van der Waals surface area (Å²) in [5, 5.41) is 7.52. The molecule has 0 aliphatic rings. The normalized spacial score (nSPS) is 10.4. The average Bonchev–Trinajstić information content (AvgIpc) is 2.62. The highest BCUT2D eigenvalue weighted by Crippen LogP contribution is 1.97. The molecule has 7 heteroatoms. The van der Waals surface area contributed by atoms with E-state index in [4.69, 9.17) is 0 Å². The molecule has 2 rings (SSSR count). The van der Waals surface area contributed by atoms with Crippen LogP contribution in [0.2, 0.25) is 0 Å². The van der Waals surface area contributed by atoms with Crippen LogP contribution in [0, 0.1) is 3.57 Å². The van der Waals surface area contributed by atoms with Gasteiger partial charge < -0.3 is 4.52 Å². The molecule has 0 fully saturated rings. The molecule has 72 valence electrons. The molecule has 0 saturated carbocycles. The number of hydrogen-bond acceptors (Lipinski definition) is 5. The predicted molar refractivity (Wildman–Crippen MR) is 54.6 cm³/mol. The third-order valence-electron chi connectivity index (χ3n) is 1.53. The van der Waals surface area contributed by atoms with E-state index in [1.807, 2.05) is 22.6 Å². The lowest BCUT2D eigenvalue weighted by molar-refractivity contribution is 0.406. The summed E-state index contributed by atoms with van der Waals surface area (Å²) in [6.45, 7) is 0.228. The Balaban J connectivity index is 2.30. The van der Waals surface area contributed by atoms with E-state index in [-0.39, 0.29) is 12.1 Å². The number of hydrogen-bond donors (Lipinski definition) is 0. The van der Waals surface area contributed by atoms with Gasteiger partial charge in [0.15, 0.2) is 5.82 Å². The molecule has 0 radical (unpaired) electrons. The minimum absolute atomic E-state index is 0.179. The Morgan fingerprint density at radius 1 is 1.57 bits per heavy atom. The van der Waals surface area contributed by atoms with Crippen LogP contribution in [0.25, 0.3) is 0 Å². The number of rotatable bonds is 2. The molecule has 0 aliphatic carbocycles. The van der Waals surface area contributed by atoms with E-state index in [1.165, 1.54) is 17.1 Å². The van der Waals surface area contributed by atoms with Gasteiger partial charge in [0.05, 0.1) is 6.20 Å². The minimum Gasteiger partial charge on any atom is -0.343 e. The van der Waals surface area contributed by atoms with Crippen LogP contribution in [-0.2, 0) is 6.54 Å². The summed E-state index contributed by atoms with van der Waals surface area (Å²) in [6.07, 6.45) is 2.81. The first kappa shape index (κ1) is 9.31. The van der Waals surface area contributed by atoms with Crippen LogP contribution in [0.1, 0.15) is 5.82 Å². The van der Waals surface area contributed by atoms with Crippen molar-refractivity contribution < 1.29 is 4.52 Å². The molecule has 0 atom stereocenters. The highest BCUT2D eigenvalue weighted by Gasteiger charge is 2.03. The van der Waals surface area contributed by atoms with Gasteiger partial charge in [0.1, 0.15) is 6.54 Å². The van der Waals surface area contributed by atoms with Gasteiger partial charge in [-0.05, 0) is 22.6 Å². The lowest BCUT2D eigenvalue weighted by atomic mass is 10.5. The average molecular weight is 304 g/mol. The zero-order valence-corrected chi connectivity index (χ0v) is 9.08. The van der Waals surface area contributed by atoms with Crippen LogP contribution in [0.5, 0.6) is 0 Å². The summed E-state index contributed by atoms with van der Waals surface area (Å²) >= 11 is 2.03. The molecule has 0 spiro atoms. The molecule has 2 aromatic heterocycles. The summed E-state index contributed by atoms with van der Waals surface area (Å²) in [6, 6.07) is 1.49. The van der Waals surface area contributed by atoms with Crippen molar-refractivity contribution >= 4 is 22.6 Å². The molecule has 0 N–H and O–H groups in total. The third-order valence-corrected chi connectivity index (χ3v) is 2.12. The highest BCUT2D eigenvalue weighted by molar-refractivity contribution is 14.1. The van der Waals surface area contributed by atoms with Crippen molar-refractivity contribution in [1.82, 2.24) is 19.9 Å². The number of nitrogens with zero attached hydrogens (tertiary/aromatic N) is 4. The van der Waals surface area contributed by atoms with Gasteiger partial charge in [0.25, 0.3) is 5.56 Å². The first-order valence-electron chi connectivity index (χ1n) is 3.73. The Bertz CT molecular complexity index is 479. The second kappa shape index (κ2) is 3.86. The highest BCUT2D eigenvalue weighted by atomic mass is 127. The molecular formula is C7H5IN4O2. The maximum atomic E-state index is 11.4. The molecule has 0 saturated heterocycles. The summed E-state index contributed by atoms with van der Waals surface area (Å²) in [4.78, 5) is 15.2. The fourth-order valence-corrected chi connectivity index (χ4v) is 1.32. The molecule has 2 heterocycles. The van der Waals surface area contributed by atoms with Gasteiger partial charge in [-0.3, -0.25) is 4.79 Å². The largest absolute Gasteiger partial charge is 0.343 e. The number of halogens is 1. The van der Waals surface area contributed by atoms with Gasteiger partial charge in [0.2, 0.25) is 6.39 Å². The summed E-state index contributed by atoms with van der Waals surface area (Å²) < 4.78 is 6.62. The topological polar surface area (TPSA) is 73.8 Å². The van der Waals surface area contributed by atoms with E-state index >= 15 is 0 Å². The van der Waals surface area contributed by atoms with Gasteiger partial charge >= 0.3 is 0 Å². The van der Waals surface area contributed by atoms with E-state index in [2.05, 4.69) is 19.8 Å². The fraction of sp³-hybridized carbons (Fsp3) is 0.143. The molecule has 0 aliphatic heterocycles. The standard InChI is InChI=1S/C7H5IN4O2/c8-5-1-7(13)12(10-2-5)3-6-9-4-14-11-6/h1-2,4H,3H2. The first-order valence-corrected chi connectivity index (χ1v) is 4.81. The molecule has 0 aromatic carbocycles. The van der Waals surface area contributed by atoms with Crippen molar-refractivity contribution in [2.45, 2.75) is 6.54 Å². The summed E-state index contributed by atoms with van der Waals surface area (Å²) in [7, 11) is 0. The first-order chi connectivity index (χ1) is 6.75. The van der Waals surface area contributed by atoms with E-state index in [0.717, 1.165) is 3.57 Å². The maximum Gasteiger partial charge on any atom is 0.268 e. The molecule has 6 nitrogen and oxygen atoms in total. The fourth-order valence-electron chi connectivity index (χ4n) is 0.926. The van der Waals surface area contributed by atoms with Crippen molar-refractivity contribution in [2.75, 3.05) is 0 Å². The lowest BCUT2D eigenvalue weighted by Crippen LogP contribution is -2.23. The van der Waals surface area contributed by atoms with Crippen LogP contribution in [0.4, 0.5) is 0 Å². The van der Waals surface area contributed by atoms with Gasteiger partial charge in [0, 0.05) is 9.64 Å². The van der Waals surface area contributed by atoms with Gasteiger partial charge in [-0.25, -0.2) is 4.68 Å². The molecule has 0 bridgehead atoms. The van der Waals surface area contributed by atoms with Crippen molar-refractivity contribution in [3.05, 3.63) is 38.4 Å². The van der Waals surface area contributed by atoms with Crippen molar-refractivity contribution in [3.8, 4) is 0 Å². The summed E-state index contributed by atoms with van der Waals surface area (Å²) in [5.41, 5.74) is -0.179. The van der Waals surface area contributed by atoms with Crippen LogP contribution in [0.3, 0.4) is 0 Å². The van der Waals surface area contributed by atoms with E-state index in [0.29, 0.717) is 5.82 Å². The molecule has 0 amide bonds. The number of aromatic nitrogens is 4. The third kappa shape index (κ3) is 1.97. The van der Waals surface area contributed by atoms with Gasteiger partial charge in [-0.1, -0.05) is 5.16 Å². The Hall–Kier alpha value is -1.25. The Kier molecular flexibility index (Phi) is 2.57. The summed E-state index contributed by atoms with van der Waals surface area (Å²) in [5.74, 6) is 0.431. The second-order valence-corrected chi connectivity index (χ2v) is 3.76. The monoisotopic (exact) mass is 304 g/mol. The molecule has 2 aromatic rings. The predicted octanol–water partition coefficient (Wildman–Crippen LogP) is 0.279. The van der Waals surface area contributed by atoms with Crippen LogP contribution in [0.15, 0.2) is 28.0 Å². The maximum absolute atomic E-state index is 11.4. The molecular weight excluding hydrogens is 299 g/mol. The van der Waals surface area contributed by atoms with Crippen LogP contribution in [-0.4, -0.2) is 19.9 Å². The second-order valence-electron chi connectivity index (χ2n) is 2.52. The van der Waals surface area contributed by atoms with Crippen LogP contribution >= 0.6 is 22.6 Å². The smallest absolute Gasteiger partial charge is 0.268 e. The zero-order valence-electron chi connectivity index (χ0n) is 6.92. The van der Waals surface area contributed by atoms with Crippen LogP contribution < -0.4 is 5.56 Å². The Labute approximate surface area is 92.1 Å². The molecule has 0 unspecified atom stereocenters. The Morgan fingerprint density at radius 2 is 2.43 bits per heavy atom. The van der Waals surface area contributed by atoms with Crippen molar-refractivity contribution in [3.63, 3.8) is 0 Å².